The van der Waals surface area contributed by atoms with Crippen LogP contribution in [0.4, 0.5) is 0 Å². The second-order valence-corrected chi connectivity index (χ2v) is 7.87. The summed E-state index contributed by atoms with van der Waals surface area (Å²) in [6.07, 6.45) is 4.41. The lowest BCUT2D eigenvalue weighted by molar-refractivity contribution is 0.392. The van der Waals surface area contributed by atoms with Crippen LogP contribution in [0, 0.1) is 13.8 Å². The maximum atomic E-state index is 5.22. The van der Waals surface area contributed by atoms with Crippen molar-refractivity contribution < 1.29 is 4.52 Å². The number of aromatic nitrogens is 1. The third-order valence-electron chi connectivity index (χ3n) is 5.19. The zero-order valence-electron chi connectivity index (χ0n) is 15.7. The van der Waals surface area contributed by atoms with Gasteiger partial charge in [0, 0.05) is 35.6 Å². The number of rotatable bonds is 7. The summed E-state index contributed by atoms with van der Waals surface area (Å²) in [5, 5.41) is 10.9. The van der Waals surface area contributed by atoms with E-state index in [9.17, 15) is 0 Å². The molecule has 1 saturated carbocycles. The van der Waals surface area contributed by atoms with Gasteiger partial charge in [-0.25, -0.2) is 0 Å². The molecule has 0 saturated heterocycles. The highest BCUT2D eigenvalue weighted by Gasteiger charge is 2.45. The standard InChI is InChI=1S/C20H27BrN4O/c1-14-16(15(2)26-25-14)7-6-12-23-19(22-3)24-13-20(10-11-20)17-8-4-5-9-18(17)21/h4-5,8-9H,6-7,10-13H2,1-3H3,(H2,22,23,24). The van der Waals surface area contributed by atoms with Gasteiger partial charge in [-0.1, -0.05) is 39.3 Å². The van der Waals surface area contributed by atoms with Gasteiger partial charge >= 0.3 is 0 Å². The lowest BCUT2D eigenvalue weighted by Gasteiger charge is -2.20. The van der Waals surface area contributed by atoms with Crippen LogP contribution in [-0.2, 0) is 11.8 Å². The van der Waals surface area contributed by atoms with E-state index in [1.54, 1.807) is 0 Å². The molecule has 1 aromatic carbocycles. The van der Waals surface area contributed by atoms with Gasteiger partial charge in [-0.05, 0) is 51.2 Å². The molecule has 0 amide bonds. The van der Waals surface area contributed by atoms with E-state index in [1.807, 2.05) is 20.9 Å². The van der Waals surface area contributed by atoms with Crippen molar-refractivity contribution in [1.82, 2.24) is 15.8 Å². The van der Waals surface area contributed by atoms with E-state index in [-0.39, 0.29) is 5.41 Å². The molecule has 2 aromatic rings. The van der Waals surface area contributed by atoms with Crippen LogP contribution in [-0.4, -0.2) is 31.3 Å². The van der Waals surface area contributed by atoms with Crippen LogP contribution in [0.15, 0.2) is 38.3 Å². The van der Waals surface area contributed by atoms with Crippen molar-refractivity contribution in [3.8, 4) is 0 Å². The molecular weight excluding hydrogens is 392 g/mol. The molecule has 2 N–H and O–H groups in total. The number of nitrogens with one attached hydrogen (secondary N) is 2. The number of nitrogens with zero attached hydrogens (tertiary/aromatic N) is 2. The number of aliphatic imine (C=N–C) groups is 1. The van der Waals surface area contributed by atoms with E-state index in [0.29, 0.717) is 0 Å². The summed E-state index contributed by atoms with van der Waals surface area (Å²) in [4.78, 5) is 4.36. The first-order chi connectivity index (χ1) is 12.6. The highest BCUT2D eigenvalue weighted by molar-refractivity contribution is 9.10. The van der Waals surface area contributed by atoms with Crippen molar-refractivity contribution in [3.63, 3.8) is 0 Å². The SMILES string of the molecule is CN=C(NCCCc1c(C)noc1C)NCC1(c2ccccc2Br)CC1. The summed E-state index contributed by atoms with van der Waals surface area (Å²) in [6, 6.07) is 8.52. The van der Waals surface area contributed by atoms with Crippen molar-refractivity contribution in [2.45, 2.75) is 44.9 Å². The maximum absolute atomic E-state index is 5.22. The predicted molar refractivity (Wildman–Crippen MR) is 109 cm³/mol. The van der Waals surface area contributed by atoms with Crippen LogP contribution in [0.3, 0.4) is 0 Å². The molecule has 0 unspecified atom stereocenters. The fraction of sp³-hybridized carbons (Fsp3) is 0.500. The molecular formula is C20H27BrN4O. The highest BCUT2D eigenvalue weighted by atomic mass is 79.9. The van der Waals surface area contributed by atoms with Gasteiger partial charge in [0.1, 0.15) is 5.76 Å². The predicted octanol–water partition coefficient (Wildman–Crippen LogP) is 3.88. The fourth-order valence-corrected chi connectivity index (χ4v) is 4.09. The summed E-state index contributed by atoms with van der Waals surface area (Å²) in [7, 11) is 1.82. The van der Waals surface area contributed by atoms with Gasteiger partial charge in [-0.15, -0.1) is 0 Å². The van der Waals surface area contributed by atoms with Crippen LogP contribution in [0.1, 0.15) is 41.8 Å². The normalized spacial score (nSPS) is 15.8. The second-order valence-electron chi connectivity index (χ2n) is 7.02. The van der Waals surface area contributed by atoms with Gasteiger partial charge in [-0.2, -0.15) is 0 Å². The van der Waals surface area contributed by atoms with Crippen molar-refractivity contribution in [1.29, 1.82) is 0 Å². The van der Waals surface area contributed by atoms with Crippen LogP contribution in [0.2, 0.25) is 0 Å². The van der Waals surface area contributed by atoms with E-state index >= 15 is 0 Å². The van der Waals surface area contributed by atoms with Crippen molar-refractivity contribution in [3.05, 3.63) is 51.3 Å². The Kier molecular flexibility index (Phi) is 6.01. The maximum Gasteiger partial charge on any atom is 0.191 e. The molecule has 140 valence electrons. The van der Waals surface area contributed by atoms with Crippen molar-refractivity contribution in [2.75, 3.05) is 20.1 Å². The topological polar surface area (TPSA) is 62.5 Å². The molecule has 0 radical (unpaired) electrons. The Hall–Kier alpha value is -1.82. The molecule has 5 nitrogen and oxygen atoms in total. The molecule has 26 heavy (non-hydrogen) atoms. The zero-order chi connectivity index (χ0) is 18.6. The van der Waals surface area contributed by atoms with Gasteiger partial charge in [0.05, 0.1) is 5.69 Å². The Bertz CT molecular complexity index is 760. The molecule has 6 heteroatoms. The van der Waals surface area contributed by atoms with Gasteiger partial charge in [0.2, 0.25) is 0 Å². The largest absolute Gasteiger partial charge is 0.361 e. The highest BCUT2D eigenvalue weighted by Crippen LogP contribution is 2.49. The van der Waals surface area contributed by atoms with E-state index in [1.165, 1.54) is 28.4 Å². The zero-order valence-corrected chi connectivity index (χ0v) is 17.3. The molecule has 0 bridgehead atoms. The number of benzene rings is 1. The minimum Gasteiger partial charge on any atom is -0.361 e. The first-order valence-corrected chi connectivity index (χ1v) is 9.96. The quantitative estimate of drug-likeness (QED) is 0.406. The third kappa shape index (κ3) is 4.29. The van der Waals surface area contributed by atoms with Gasteiger partial charge in [0.15, 0.2) is 5.96 Å². The third-order valence-corrected chi connectivity index (χ3v) is 5.89. The first-order valence-electron chi connectivity index (χ1n) is 9.17. The van der Waals surface area contributed by atoms with Crippen molar-refractivity contribution >= 4 is 21.9 Å². The fourth-order valence-electron chi connectivity index (χ4n) is 3.39. The number of aryl methyl sites for hydroxylation is 2. The lowest BCUT2D eigenvalue weighted by atomic mass is 9.96. The second kappa shape index (κ2) is 8.25. The van der Waals surface area contributed by atoms with Crippen LogP contribution in [0.25, 0.3) is 0 Å². The Labute approximate surface area is 163 Å². The minimum absolute atomic E-state index is 0.231. The Morgan fingerprint density at radius 3 is 2.65 bits per heavy atom. The van der Waals surface area contributed by atoms with E-state index in [0.717, 1.165) is 43.3 Å². The average molecular weight is 419 g/mol. The molecule has 1 heterocycles. The lowest BCUT2D eigenvalue weighted by Crippen LogP contribution is -2.41. The van der Waals surface area contributed by atoms with Gasteiger partial charge < -0.3 is 15.2 Å². The first kappa shape index (κ1) is 19.0. The average Bonchev–Trinajstić information content (AvgIpc) is 3.36. The molecule has 0 atom stereocenters. The van der Waals surface area contributed by atoms with E-state index in [4.69, 9.17) is 4.52 Å². The minimum atomic E-state index is 0.231. The molecule has 0 aliphatic heterocycles. The number of halogens is 1. The summed E-state index contributed by atoms with van der Waals surface area (Å²) in [5.41, 5.74) is 3.84. The molecule has 3 rings (SSSR count). The molecule has 1 aliphatic rings. The number of guanidine groups is 1. The summed E-state index contributed by atoms with van der Waals surface area (Å²) in [5.74, 6) is 1.79. The number of hydrogen-bond donors (Lipinski definition) is 2. The molecule has 1 aliphatic carbocycles. The molecule has 1 fully saturated rings. The van der Waals surface area contributed by atoms with E-state index in [2.05, 4.69) is 61.0 Å². The van der Waals surface area contributed by atoms with Crippen LogP contribution < -0.4 is 10.6 Å². The molecule has 1 aromatic heterocycles. The van der Waals surface area contributed by atoms with Crippen LogP contribution >= 0.6 is 15.9 Å². The van der Waals surface area contributed by atoms with Crippen LogP contribution in [0.5, 0.6) is 0 Å². The Morgan fingerprint density at radius 2 is 2.04 bits per heavy atom. The summed E-state index contributed by atoms with van der Waals surface area (Å²) >= 11 is 3.69. The summed E-state index contributed by atoms with van der Waals surface area (Å²) in [6.45, 7) is 5.74. The Balaban J connectivity index is 1.46. The smallest absolute Gasteiger partial charge is 0.191 e. The van der Waals surface area contributed by atoms with Crippen molar-refractivity contribution in [2.24, 2.45) is 4.99 Å². The summed E-state index contributed by atoms with van der Waals surface area (Å²) < 4.78 is 6.41. The number of hydrogen-bond acceptors (Lipinski definition) is 3. The monoisotopic (exact) mass is 418 g/mol. The Morgan fingerprint density at radius 1 is 1.27 bits per heavy atom. The van der Waals surface area contributed by atoms with Gasteiger partial charge in [-0.3, -0.25) is 4.99 Å². The van der Waals surface area contributed by atoms with E-state index < -0.39 is 0 Å². The van der Waals surface area contributed by atoms with Gasteiger partial charge in [0.25, 0.3) is 0 Å². The molecule has 0 spiro atoms.